The minimum absolute atomic E-state index is 0.0828. The summed E-state index contributed by atoms with van der Waals surface area (Å²) in [5.41, 5.74) is 1.41. The number of aliphatic hydroxyl groups is 1. The first-order chi connectivity index (χ1) is 30.0. The van der Waals surface area contributed by atoms with E-state index >= 15 is 0 Å². The zero-order valence-electron chi connectivity index (χ0n) is 42.3. The average Bonchev–Trinajstić information content (AvgIpc) is 3.26. The molecule has 0 spiro atoms. The number of carbonyl (C=O) groups excluding carboxylic acids is 1. The van der Waals surface area contributed by atoms with E-state index in [9.17, 15) is 9.90 Å². The van der Waals surface area contributed by atoms with Gasteiger partial charge in [0.2, 0.25) is 5.91 Å². The molecule has 0 aromatic carbocycles. The highest BCUT2D eigenvalue weighted by Gasteiger charge is 2.24. The Labute approximate surface area is 383 Å². The summed E-state index contributed by atoms with van der Waals surface area (Å²) in [6, 6.07) is 0.655. The van der Waals surface area contributed by atoms with E-state index in [4.69, 9.17) is 0 Å². The Kier molecular flexibility index (Phi) is 41.9. The summed E-state index contributed by atoms with van der Waals surface area (Å²) in [7, 11) is 0. The second-order valence-electron chi connectivity index (χ2n) is 19.9. The highest BCUT2D eigenvalue weighted by molar-refractivity contribution is 5.76. The number of unbranched alkanes of at least 4 members (excludes halogenated alkanes) is 29. The van der Waals surface area contributed by atoms with Gasteiger partial charge in [-0.1, -0.05) is 208 Å². The number of rotatable bonds is 47. The van der Waals surface area contributed by atoms with Crippen molar-refractivity contribution in [2.45, 2.75) is 303 Å². The topological polar surface area (TPSA) is 47.0 Å². The Bertz CT molecular complexity index is 933. The number of aliphatic hydroxyl groups excluding tert-OH is 1. The van der Waals surface area contributed by atoms with E-state index in [1.165, 1.54) is 257 Å². The number of hydrogen-bond donors (Lipinski definition) is 1. The van der Waals surface area contributed by atoms with Crippen molar-refractivity contribution in [3.05, 3.63) is 12.3 Å². The third kappa shape index (κ3) is 34.9. The van der Waals surface area contributed by atoms with Crippen LogP contribution < -0.4 is 0 Å². The Balaban J connectivity index is 2.37. The van der Waals surface area contributed by atoms with E-state index in [-0.39, 0.29) is 6.10 Å². The van der Waals surface area contributed by atoms with Gasteiger partial charge in [-0.3, -0.25) is 4.79 Å². The lowest BCUT2D eigenvalue weighted by atomic mass is 9.91. The van der Waals surface area contributed by atoms with E-state index in [1.807, 2.05) is 0 Å². The first-order valence-electron chi connectivity index (χ1n) is 28.1. The summed E-state index contributed by atoms with van der Waals surface area (Å²) in [5.74, 6) is 0.414. The number of allylic oxidation sites excluding steroid dienone is 1. The first kappa shape index (κ1) is 57.9. The van der Waals surface area contributed by atoms with Gasteiger partial charge >= 0.3 is 0 Å². The van der Waals surface area contributed by atoms with Crippen LogP contribution in [0, 0.1) is 0 Å². The van der Waals surface area contributed by atoms with Gasteiger partial charge in [-0.2, -0.15) is 0 Å². The largest absolute Gasteiger partial charge is 0.393 e. The molecule has 0 unspecified atom stereocenters. The van der Waals surface area contributed by atoms with Crippen molar-refractivity contribution in [2.24, 2.45) is 0 Å². The lowest BCUT2D eigenvalue weighted by molar-refractivity contribution is -0.131. The van der Waals surface area contributed by atoms with Crippen LogP contribution in [0.3, 0.4) is 0 Å². The zero-order chi connectivity index (χ0) is 44.3. The van der Waals surface area contributed by atoms with Gasteiger partial charge in [-0.05, 0) is 96.6 Å². The molecule has 1 rings (SSSR count). The maximum Gasteiger partial charge on any atom is 0.222 e. The van der Waals surface area contributed by atoms with E-state index in [1.54, 1.807) is 0 Å². The number of carbonyl (C=O) groups is 1. The molecule has 5 nitrogen and oxygen atoms in total. The molecule has 5 heteroatoms. The molecule has 0 heterocycles. The summed E-state index contributed by atoms with van der Waals surface area (Å²) < 4.78 is 0. The molecule has 1 fully saturated rings. The third-order valence-electron chi connectivity index (χ3n) is 14.1. The maximum atomic E-state index is 13.3. The van der Waals surface area contributed by atoms with Crippen molar-refractivity contribution in [3.63, 3.8) is 0 Å². The van der Waals surface area contributed by atoms with E-state index < -0.39 is 0 Å². The molecule has 1 aliphatic rings. The highest BCUT2D eigenvalue weighted by Crippen LogP contribution is 2.25. The highest BCUT2D eigenvalue weighted by atomic mass is 16.3. The molecule has 0 radical (unpaired) electrons. The summed E-state index contributed by atoms with van der Waals surface area (Å²) >= 11 is 0. The monoisotopic (exact) mass is 858 g/mol. The van der Waals surface area contributed by atoms with Crippen LogP contribution in [0.1, 0.15) is 291 Å². The summed E-state index contributed by atoms with van der Waals surface area (Å²) in [4.78, 5) is 21.0. The van der Waals surface area contributed by atoms with Gasteiger partial charge in [0.05, 0.1) is 6.10 Å². The van der Waals surface area contributed by atoms with Crippen molar-refractivity contribution >= 4 is 5.91 Å². The molecule has 0 aliphatic heterocycles. The van der Waals surface area contributed by atoms with Crippen LogP contribution in [0.15, 0.2) is 12.3 Å². The van der Waals surface area contributed by atoms with Crippen LogP contribution in [-0.2, 0) is 4.79 Å². The summed E-state index contributed by atoms with van der Waals surface area (Å²) in [6.45, 7) is 20.6. The van der Waals surface area contributed by atoms with Gasteiger partial charge in [0.25, 0.3) is 0 Å². The number of hydrogen-bond acceptors (Lipinski definition) is 4. The van der Waals surface area contributed by atoms with Crippen molar-refractivity contribution < 1.29 is 9.90 Å². The van der Waals surface area contributed by atoms with Crippen LogP contribution in [0.5, 0.6) is 0 Å². The Morgan fingerprint density at radius 3 is 1.08 bits per heavy atom. The fraction of sp³-hybridized carbons (Fsp3) is 0.946. The zero-order valence-corrected chi connectivity index (χ0v) is 42.3. The molecule has 1 saturated carbocycles. The van der Waals surface area contributed by atoms with Crippen LogP contribution in [0.4, 0.5) is 0 Å². The average molecular weight is 859 g/mol. The molecule has 1 aliphatic carbocycles. The minimum atomic E-state index is -0.0828. The molecular weight excluding hydrogens is 747 g/mol. The fourth-order valence-electron chi connectivity index (χ4n) is 9.81. The molecule has 0 aromatic rings. The van der Waals surface area contributed by atoms with Gasteiger partial charge in [-0.15, -0.1) is 0 Å². The molecule has 0 atom stereocenters. The second-order valence-corrected chi connectivity index (χ2v) is 19.9. The standard InChI is InChI=1S/C56H111N3O2/c1-6-10-14-18-20-21-22-24-29-37-48-57(47-35-16-12-8-3)53(5)41-33-27-25-31-38-49-58(54-43-45-55(60)46-44-54)50-39-32-26-28-34-42-56(61)59(51-36-17-13-9-4)52-40-30-23-19-15-11-7-2/h54-55,60H,5-52H2,1-4H3. The van der Waals surface area contributed by atoms with Crippen molar-refractivity contribution in [1.29, 1.82) is 0 Å². The predicted octanol–water partition coefficient (Wildman–Crippen LogP) is 16.7. The van der Waals surface area contributed by atoms with Crippen LogP contribution >= 0.6 is 0 Å². The Hall–Kier alpha value is -1.07. The molecular formula is C56H111N3O2. The number of amides is 1. The van der Waals surface area contributed by atoms with Crippen molar-refractivity contribution in [3.8, 4) is 0 Å². The quantitative estimate of drug-likeness (QED) is 0.0620. The fourth-order valence-corrected chi connectivity index (χ4v) is 9.81. The maximum absolute atomic E-state index is 13.3. The molecule has 1 amide bonds. The first-order valence-corrected chi connectivity index (χ1v) is 28.1. The van der Waals surface area contributed by atoms with E-state index in [0.29, 0.717) is 11.9 Å². The van der Waals surface area contributed by atoms with Gasteiger partial charge in [0.1, 0.15) is 0 Å². The van der Waals surface area contributed by atoms with Crippen LogP contribution in [0.2, 0.25) is 0 Å². The van der Waals surface area contributed by atoms with Crippen LogP contribution in [-0.4, -0.2) is 77.1 Å². The second kappa shape index (κ2) is 44.1. The molecule has 1 N–H and O–H groups in total. The van der Waals surface area contributed by atoms with Crippen molar-refractivity contribution in [1.82, 2.24) is 14.7 Å². The lowest BCUT2D eigenvalue weighted by Gasteiger charge is -2.36. The third-order valence-corrected chi connectivity index (χ3v) is 14.1. The van der Waals surface area contributed by atoms with E-state index in [2.05, 4.69) is 49.0 Å². The van der Waals surface area contributed by atoms with Crippen molar-refractivity contribution in [2.75, 3.05) is 39.3 Å². The molecule has 61 heavy (non-hydrogen) atoms. The van der Waals surface area contributed by atoms with Crippen LogP contribution in [0.25, 0.3) is 0 Å². The normalized spacial score (nSPS) is 15.5. The molecule has 0 bridgehead atoms. The minimum Gasteiger partial charge on any atom is -0.393 e. The predicted molar refractivity (Wildman–Crippen MR) is 271 cm³/mol. The summed E-state index contributed by atoms with van der Waals surface area (Å²) in [6.07, 6.45) is 52.2. The number of nitrogens with zero attached hydrogens (tertiary/aromatic N) is 3. The SMILES string of the molecule is C=C(CCCCCCCN(CCCCCCCC(=O)N(CCCCCC)CCCCCCCCC)C1CCC(O)CC1)N(CCCCCC)CCCCCCCCCCCC. The molecule has 0 aromatic heterocycles. The Morgan fingerprint density at radius 1 is 0.393 bits per heavy atom. The smallest absolute Gasteiger partial charge is 0.222 e. The molecule has 0 saturated heterocycles. The summed E-state index contributed by atoms with van der Waals surface area (Å²) in [5, 5.41) is 10.2. The Morgan fingerprint density at radius 2 is 0.689 bits per heavy atom. The van der Waals surface area contributed by atoms with Gasteiger partial charge < -0.3 is 19.8 Å². The van der Waals surface area contributed by atoms with Gasteiger partial charge in [0, 0.05) is 44.3 Å². The molecule has 362 valence electrons. The van der Waals surface area contributed by atoms with E-state index in [0.717, 1.165) is 51.6 Å². The lowest BCUT2D eigenvalue weighted by Crippen LogP contribution is -2.40. The van der Waals surface area contributed by atoms with Gasteiger partial charge in [-0.25, -0.2) is 0 Å². The van der Waals surface area contributed by atoms with Gasteiger partial charge in [0.15, 0.2) is 0 Å².